The number of rotatable bonds is 4. The summed E-state index contributed by atoms with van der Waals surface area (Å²) in [6.45, 7) is 3.66. The molecule has 1 fully saturated rings. The Hall–Kier alpha value is -2.46. The summed E-state index contributed by atoms with van der Waals surface area (Å²) in [6, 6.07) is 0.178. The van der Waals surface area contributed by atoms with Gasteiger partial charge in [0.15, 0.2) is 17.3 Å². The number of ether oxygens (including phenoxy) is 3. The van der Waals surface area contributed by atoms with Crippen LogP contribution in [0.15, 0.2) is 10.1 Å². The third-order valence-corrected chi connectivity index (χ3v) is 4.25. The molecule has 11 heteroatoms. The standard InChI is InChI=1S/C15H19ClN6O4/c1-8-5-25-6-9-7-26-12-10(20-15(16)21-13(12)22(8)9)3-18-11(4-19-17)14(23)24-2/h4,8-9H,3,5-7,17H2,1-2H3/t8-,9+/m1/s1. The number of aliphatic imine (C=N–C) groups is 1. The van der Waals surface area contributed by atoms with Crippen LogP contribution in [0.5, 0.6) is 5.75 Å². The lowest BCUT2D eigenvalue weighted by Gasteiger charge is -2.44. The number of hydrogen-bond acceptors (Lipinski definition) is 10. The lowest BCUT2D eigenvalue weighted by Crippen LogP contribution is -2.56. The molecular weight excluding hydrogens is 364 g/mol. The van der Waals surface area contributed by atoms with Crippen molar-refractivity contribution >= 4 is 35.3 Å². The maximum Gasteiger partial charge on any atom is 0.357 e. The first-order chi connectivity index (χ1) is 12.5. The molecule has 140 valence electrons. The number of nitrogens with zero attached hydrogens (tertiary/aromatic N) is 5. The predicted molar refractivity (Wildman–Crippen MR) is 94.9 cm³/mol. The highest BCUT2D eigenvalue weighted by Gasteiger charge is 2.37. The van der Waals surface area contributed by atoms with Gasteiger partial charge in [0, 0.05) is 0 Å². The quantitative estimate of drug-likeness (QED) is 0.257. The monoisotopic (exact) mass is 382 g/mol. The molecule has 1 aromatic heterocycles. The maximum atomic E-state index is 11.7. The number of anilines is 1. The van der Waals surface area contributed by atoms with Gasteiger partial charge < -0.3 is 25.0 Å². The van der Waals surface area contributed by atoms with E-state index in [-0.39, 0.29) is 29.6 Å². The van der Waals surface area contributed by atoms with Crippen LogP contribution in [-0.2, 0) is 20.8 Å². The van der Waals surface area contributed by atoms with Crippen LogP contribution in [0.1, 0.15) is 12.6 Å². The number of carbonyl (C=O) groups is 1. The molecule has 0 spiro atoms. The normalized spacial score (nSPS) is 22.6. The number of nitrogens with two attached hydrogens (primary N) is 1. The molecule has 2 aliphatic rings. The summed E-state index contributed by atoms with van der Waals surface area (Å²) >= 11 is 6.10. The maximum absolute atomic E-state index is 11.7. The molecule has 0 unspecified atom stereocenters. The molecule has 2 atom stereocenters. The van der Waals surface area contributed by atoms with Gasteiger partial charge in [0.25, 0.3) is 0 Å². The van der Waals surface area contributed by atoms with Gasteiger partial charge in [-0.15, -0.1) is 0 Å². The van der Waals surface area contributed by atoms with Gasteiger partial charge >= 0.3 is 5.97 Å². The Labute approximate surface area is 155 Å². The molecule has 2 N–H and O–H groups in total. The number of fused-ring (bicyclic) bond motifs is 3. The summed E-state index contributed by atoms with van der Waals surface area (Å²) in [5.41, 5.74) is 0.427. The highest BCUT2D eigenvalue weighted by Crippen LogP contribution is 2.38. The number of halogens is 1. The Bertz CT molecular complexity index is 756. The number of morpholine rings is 1. The van der Waals surface area contributed by atoms with Crippen LogP contribution in [0.2, 0.25) is 5.28 Å². The van der Waals surface area contributed by atoms with Crippen LogP contribution in [0.25, 0.3) is 0 Å². The predicted octanol–water partition coefficient (Wildman–Crippen LogP) is 0.175. The number of hydrazone groups is 1. The van der Waals surface area contributed by atoms with Gasteiger partial charge in [-0.25, -0.2) is 9.78 Å². The van der Waals surface area contributed by atoms with Gasteiger partial charge in [0.2, 0.25) is 5.28 Å². The fourth-order valence-corrected chi connectivity index (χ4v) is 3.14. The van der Waals surface area contributed by atoms with Gasteiger partial charge in [-0.05, 0) is 18.5 Å². The van der Waals surface area contributed by atoms with E-state index in [0.717, 1.165) is 6.21 Å². The van der Waals surface area contributed by atoms with Crippen LogP contribution < -0.4 is 15.5 Å². The molecular formula is C15H19ClN6O4. The van der Waals surface area contributed by atoms with E-state index in [0.29, 0.717) is 37.1 Å². The summed E-state index contributed by atoms with van der Waals surface area (Å²) in [5, 5.41) is 3.39. The Morgan fingerprint density at radius 2 is 2.27 bits per heavy atom. The van der Waals surface area contributed by atoms with Crippen molar-refractivity contribution in [2.45, 2.75) is 25.6 Å². The summed E-state index contributed by atoms with van der Waals surface area (Å²) in [5.74, 6) is 5.55. The molecule has 0 amide bonds. The van der Waals surface area contributed by atoms with E-state index in [2.05, 4.69) is 29.7 Å². The Morgan fingerprint density at radius 3 is 3.00 bits per heavy atom. The molecule has 1 saturated heterocycles. The molecule has 1 aromatic rings. The lowest BCUT2D eigenvalue weighted by atomic mass is 10.1. The third-order valence-electron chi connectivity index (χ3n) is 4.08. The van der Waals surface area contributed by atoms with Crippen LogP contribution in [0.3, 0.4) is 0 Å². The molecule has 26 heavy (non-hydrogen) atoms. The fourth-order valence-electron chi connectivity index (χ4n) is 2.96. The highest BCUT2D eigenvalue weighted by atomic mass is 35.5. The molecule has 3 heterocycles. The van der Waals surface area contributed by atoms with Crippen molar-refractivity contribution in [1.82, 2.24) is 9.97 Å². The largest absolute Gasteiger partial charge is 0.486 e. The second kappa shape index (κ2) is 7.83. The Kier molecular flexibility index (Phi) is 5.52. The first-order valence-corrected chi connectivity index (χ1v) is 8.34. The van der Waals surface area contributed by atoms with E-state index in [1.165, 1.54) is 7.11 Å². The zero-order valence-corrected chi connectivity index (χ0v) is 15.1. The van der Waals surface area contributed by atoms with Crippen LogP contribution in [-0.4, -0.2) is 66.9 Å². The van der Waals surface area contributed by atoms with Crippen LogP contribution in [0, 0.1) is 0 Å². The molecule has 10 nitrogen and oxygen atoms in total. The van der Waals surface area contributed by atoms with Crippen molar-refractivity contribution in [3.05, 3.63) is 11.0 Å². The summed E-state index contributed by atoms with van der Waals surface area (Å²) in [7, 11) is 1.24. The molecule has 2 aliphatic heterocycles. The van der Waals surface area contributed by atoms with Crippen molar-refractivity contribution in [2.75, 3.05) is 31.8 Å². The molecule has 0 aliphatic carbocycles. The van der Waals surface area contributed by atoms with Crippen molar-refractivity contribution in [3.8, 4) is 5.75 Å². The van der Waals surface area contributed by atoms with E-state index in [9.17, 15) is 4.79 Å². The number of hydrogen-bond donors (Lipinski definition) is 1. The first kappa shape index (κ1) is 18.3. The Balaban J connectivity index is 1.96. The Morgan fingerprint density at radius 1 is 1.46 bits per heavy atom. The van der Waals surface area contributed by atoms with E-state index in [1.807, 2.05) is 6.92 Å². The van der Waals surface area contributed by atoms with Crippen LogP contribution in [0.4, 0.5) is 5.82 Å². The molecule has 0 aromatic carbocycles. The minimum atomic E-state index is -0.656. The van der Waals surface area contributed by atoms with Gasteiger partial charge in [-0.1, -0.05) is 0 Å². The minimum absolute atomic E-state index is 0.0322. The van der Waals surface area contributed by atoms with Crippen LogP contribution >= 0.6 is 11.6 Å². The van der Waals surface area contributed by atoms with Crippen molar-refractivity contribution in [1.29, 1.82) is 0 Å². The van der Waals surface area contributed by atoms with E-state index >= 15 is 0 Å². The fraction of sp³-hybridized carbons (Fsp3) is 0.533. The molecule has 3 rings (SSSR count). The van der Waals surface area contributed by atoms with Crippen molar-refractivity contribution < 1.29 is 19.0 Å². The zero-order chi connectivity index (χ0) is 18.7. The van der Waals surface area contributed by atoms with E-state index < -0.39 is 5.97 Å². The van der Waals surface area contributed by atoms with Crippen molar-refractivity contribution in [2.24, 2.45) is 15.9 Å². The summed E-state index contributed by atoms with van der Waals surface area (Å²) in [6.07, 6.45) is 1.11. The minimum Gasteiger partial charge on any atom is -0.486 e. The molecule has 0 bridgehead atoms. The second-order valence-electron chi connectivity index (χ2n) is 5.82. The van der Waals surface area contributed by atoms with Crippen molar-refractivity contribution in [3.63, 3.8) is 0 Å². The smallest absolute Gasteiger partial charge is 0.357 e. The topological polar surface area (TPSA) is 125 Å². The number of carbonyl (C=O) groups excluding carboxylic acids is 1. The van der Waals surface area contributed by atoms with Gasteiger partial charge in [-0.3, -0.25) is 4.99 Å². The van der Waals surface area contributed by atoms with E-state index in [1.54, 1.807) is 0 Å². The number of aromatic nitrogens is 2. The van der Waals surface area contributed by atoms with Gasteiger partial charge in [0.1, 0.15) is 12.3 Å². The average molecular weight is 383 g/mol. The summed E-state index contributed by atoms with van der Waals surface area (Å²) < 4.78 is 16.1. The average Bonchev–Trinajstić information content (AvgIpc) is 2.63. The number of methoxy groups -OCH3 is 1. The first-order valence-electron chi connectivity index (χ1n) is 7.96. The number of esters is 1. The highest BCUT2D eigenvalue weighted by molar-refractivity contribution is 6.59. The zero-order valence-electron chi connectivity index (χ0n) is 14.4. The lowest BCUT2D eigenvalue weighted by molar-refractivity contribution is -0.132. The summed E-state index contributed by atoms with van der Waals surface area (Å²) in [4.78, 5) is 26.5. The van der Waals surface area contributed by atoms with Gasteiger partial charge in [0.05, 0.1) is 45.2 Å². The second-order valence-corrected chi connectivity index (χ2v) is 6.16. The van der Waals surface area contributed by atoms with E-state index in [4.69, 9.17) is 26.9 Å². The van der Waals surface area contributed by atoms with Gasteiger partial charge in [-0.2, -0.15) is 10.1 Å². The molecule has 0 radical (unpaired) electrons. The molecule has 0 saturated carbocycles. The SMILES string of the molecule is COC(=O)C(C=NN)=NCc1nc(Cl)nc2c1OC[C@@H]1COC[C@@H](C)N21. The third kappa shape index (κ3) is 3.56.